The SMILES string of the molecule is CCN(CCO)CCCCNC(=O)Nc1snc(OCc2cc(F)c(Cl)cc2F)c1C(=O)O. The molecule has 2 rings (SSSR count). The summed E-state index contributed by atoms with van der Waals surface area (Å²) in [7, 11) is 0. The van der Waals surface area contributed by atoms with Crippen molar-refractivity contribution in [2.24, 2.45) is 0 Å². The van der Waals surface area contributed by atoms with Crippen molar-refractivity contribution in [1.82, 2.24) is 14.6 Å². The Bertz CT molecular complexity index is 963. The van der Waals surface area contributed by atoms with Gasteiger partial charge < -0.3 is 25.2 Å². The van der Waals surface area contributed by atoms with Crippen molar-refractivity contribution in [3.8, 4) is 5.88 Å². The van der Waals surface area contributed by atoms with Gasteiger partial charge in [0.25, 0.3) is 0 Å². The minimum atomic E-state index is -1.40. The molecule has 0 aliphatic carbocycles. The number of unbranched alkanes of at least 4 members (excludes halogenated alkanes) is 1. The number of ether oxygens (including phenoxy) is 1. The second-order valence-corrected chi connectivity index (χ2v) is 8.07. The van der Waals surface area contributed by atoms with E-state index in [1.54, 1.807) is 0 Å². The number of carbonyl (C=O) groups excluding carboxylic acids is 1. The normalized spacial score (nSPS) is 11.0. The number of carboxylic acids is 1. The Morgan fingerprint density at radius 2 is 2.00 bits per heavy atom. The van der Waals surface area contributed by atoms with Crippen LogP contribution >= 0.6 is 23.1 Å². The van der Waals surface area contributed by atoms with Gasteiger partial charge in [-0.05, 0) is 49.6 Å². The third kappa shape index (κ3) is 8.07. The summed E-state index contributed by atoms with van der Waals surface area (Å²) in [5, 5.41) is 23.1. The Balaban J connectivity index is 1.90. The number of likely N-dealkylation sites (N-methyl/N-ethyl adjacent to an activating group) is 1. The van der Waals surface area contributed by atoms with Crippen LogP contribution in [0.1, 0.15) is 35.7 Å². The van der Waals surface area contributed by atoms with Gasteiger partial charge in [-0.15, -0.1) is 0 Å². The highest BCUT2D eigenvalue weighted by Crippen LogP contribution is 2.31. The molecule has 1 aromatic heterocycles. The molecule has 33 heavy (non-hydrogen) atoms. The fourth-order valence-corrected chi connectivity index (χ4v) is 3.72. The van der Waals surface area contributed by atoms with Gasteiger partial charge in [0.05, 0.1) is 11.6 Å². The Hall–Kier alpha value is -2.54. The number of aromatic nitrogens is 1. The van der Waals surface area contributed by atoms with E-state index >= 15 is 0 Å². The molecule has 182 valence electrons. The lowest BCUT2D eigenvalue weighted by molar-refractivity contribution is 0.0693. The molecule has 0 fully saturated rings. The minimum absolute atomic E-state index is 0.0575. The van der Waals surface area contributed by atoms with Crippen molar-refractivity contribution >= 4 is 40.1 Å². The zero-order chi connectivity index (χ0) is 24.4. The number of halogens is 3. The molecule has 1 aromatic carbocycles. The number of nitrogens with zero attached hydrogens (tertiary/aromatic N) is 2. The summed E-state index contributed by atoms with van der Waals surface area (Å²) in [5.74, 6) is -3.39. The molecule has 2 aromatic rings. The molecule has 0 aliphatic rings. The number of aromatic carboxylic acids is 1. The maximum atomic E-state index is 13.9. The van der Waals surface area contributed by atoms with E-state index in [2.05, 4.69) is 19.9 Å². The number of benzene rings is 1. The summed E-state index contributed by atoms with van der Waals surface area (Å²) in [6.45, 7) is 4.18. The van der Waals surface area contributed by atoms with E-state index in [1.807, 2.05) is 6.92 Å². The molecule has 0 atom stereocenters. The first kappa shape index (κ1) is 26.7. The molecule has 9 nitrogen and oxygen atoms in total. The smallest absolute Gasteiger partial charge is 0.344 e. The first-order valence-electron chi connectivity index (χ1n) is 10.1. The largest absolute Gasteiger partial charge is 0.477 e. The van der Waals surface area contributed by atoms with Crippen LogP contribution in [-0.2, 0) is 6.61 Å². The van der Waals surface area contributed by atoms with Gasteiger partial charge in [0.1, 0.15) is 23.2 Å². The van der Waals surface area contributed by atoms with Crippen LogP contribution in [0, 0.1) is 11.6 Å². The molecule has 0 unspecified atom stereocenters. The maximum Gasteiger partial charge on any atom is 0.344 e. The number of aliphatic hydroxyl groups is 1. The molecule has 1 heterocycles. The molecule has 4 N–H and O–H groups in total. The summed E-state index contributed by atoms with van der Waals surface area (Å²) in [4.78, 5) is 25.9. The molecule has 0 radical (unpaired) electrons. The summed E-state index contributed by atoms with van der Waals surface area (Å²) < 4.78 is 36.6. The summed E-state index contributed by atoms with van der Waals surface area (Å²) in [5.41, 5.74) is -0.568. The van der Waals surface area contributed by atoms with E-state index in [0.717, 1.165) is 31.6 Å². The van der Waals surface area contributed by atoms with Crippen LogP contribution in [-0.4, -0.2) is 64.3 Å². The molecule has 0 aliphatic heterocycles. The highest BCUT2D eigenvalue weighted by atomic mass is 35.5. The van der Waals surface area contributed by atoms with Gasteiger partial charge in [-0.1, -0.05) is 18.5 Å². The predicted octanol–water partition coefficient (Wildman–Crippen LogP) is 3.57. The lowest BCUT2D eigenvalue weighted by Crippen LogP contribution is -2.31. The first-order valence-corrected chi connectivity index (χ1v) is 11.3. The maximum absolute atomic E-state index is 13.9. The van der Waals surface area contributed by atoms with Gasteiger partial charge in [-0.3, -0.25) is 5.32 Å². The Labute approximate surface area is 198 Å². The number of hydrogen-bond acceptors (Lipinski definition) is 7. The van der Waals surface area contributed by atoms with Gasteiger partial charge in [-0.25, -0.2) is 18.4 Å². The number of carbonyl (C=O) groups is 2. The molecule has 0 saturated heterocycles. The van der Waals surface area contributed by atoms with Crippen molar-refractivity contribution < 1.29 is 33.3 Å². The van der Waals surface area contributed by atoms with E-state index in [0.29, 0.717) is 31.0 Å². The number of rotatable bonds is 13. The third-order valence-corrected chi connectivity index (χ3v) is 5.64. The van der Waals surface area contributed by atoms with Gasteiger partial charge in [0, 0.05) is 18.7 Å². The third-order valence-electron chi connectivity index (χ3n) is 4.61. The van der Waals surface area contributed by atoms with Crippen LogP contribution in [0.5, 0.6) is 5.88 Å². The van der Waals surface area contributed by atoms with E-state index < -0.39 is 35.8 Å². The van der Waals surface area contributed by atoms with E-state index in [1.165, 1.54) is 0 Å². The van der Waals surface area contributed by atoms with Crippen LogP contribution < -0.4 is 15.4 Å². The summed E-state index contributed by atoms with van der Waals surface area (Å²) in [6, 6.07) is 1.03. The summed E-state index contributed by atoms with van der Waals surface area (Å²) >= 11 is 6.19. The second kappa shape index (κ2) is 13.2. The first-order chi connectivity index (χ1) is 15.8. The van der Waals surface area contributed by atoms with Crippen LogP contribution in [0.4, 0.5) is 18.6 Å². The Kier molecular flexibility index (Phi) is 10.7. The van der Waals surface area contributed by atoms with Gasteiger partial charge in [-0.2, -0.15) is 4.37 Å². The molecular formula is C20H25ClF2N4O5S. The number of amides is 2. The highest BCUT2D eigenvalue weighted by molar-refractivity contribution is 7.11. The Morgan fingerprint density at radius 3 is 2.67 bits per heavy atom. The van der Waals surface area contributed by atoms with Crippen LogP contribution in [0.2, 0.25) is 5.02 Å². The summed E-state index contributed by atoms with van der Waals surface area (Å²) in [6.07, 6.45) is 1.51. The van der Waals surface area contributed by atoms with Gasteiger partial charge >= 0.3 is 12.0 Å². The van der Waals surface area contributed by atoms with Crippen molar-refractivity contribution in [2.45, 2.75) is 26.4 Å². The highest BCUT2D eigenvalue weighted by Gasteiger charge is 2.24. The standard InChI is InChI=1S/C20H25ClF2N4O5S/c1-2-27(7-8-28)6-4-3-5-24-20(31)25-18-16(19(29)30)17(26-33-18)32-11-12-9-15(23)13(21)10-14(12)22/h9-10,28H,2-8,11H2,1H3,(H,29,30)(H2,24,25,31). The van der Waals surface area contributed by atoms with Crippen molar-refractivity contribution in [2.75, 3.05) is 38.1 Å². The number of aliphatic hydroxyl groups excluding tert-OH is 1. The number of hydrogen-bond donors (Lipinski definition) is 4. The zero-order valence-corrected chi connectivity index (χ0v) is 19.4. The topological polar surface area (TPSA) is 124 Å². The molecule has 13 heteroatoms. The Morgan fingerprint density at radius 1 is 1.24 bits per heavy atom. The molecular weight excluding hydrogens is 482 g/mol. The van der Waals surface area contributed by atoms with Crippen LogP contribution in [0.3, 0.4) is 0 Å². The predicted molar refractivity (Wildman–Crippen MR) is 120 cm³/mol. The average molecular weight is 507 g/mol. The fourth-order valence-electron chi connectivity index (χ4n) is 2.85. The van der Waals surface area contributed by atoms with Gasteiger partial charge in [0.15, 0.2) is 5.56 Å². The van der Waals surface area contributed by atoms with Crippen LogP contribution in [0.25, 0.3) is 0 Å². The zero-order valence-electron chi connectivity index (χ0n) is 17.9. The van der Waals surface area contributed by atoms with Gasteiger partial charge in [0.2, 0.25) is 5.88 Å². The second-order valence-electron chi connectivity index (χ2n) is 6.89. The number of carboxylic acid groups (broad SMARTS) is 1. The number of nitrogens with one attached hydrogen (secondary N) is 2. The fraction of sp³-hybridized carbons (Fsp3) is 0.450. The monoisotopic (exact) mass is 506 g/mol. The lowest BCUT2D eigenvalue weighted by Gasteiger charge is -2.18. The van der Waals surface area contributed by atoms with E-state index in [4.69, 9.17) is 21.4 Å². The number of urea groups is 1. The molecule has 0 saturated carbocycles. The van der Waals surface area contributed by atoms with Crippen molar-refractivity contribution in [3.63, 3.8) is 0 Å². The number of anilines is 1. The van der Waals surface area contributed by atoms with E-state index in [9.17, 15) is 23.5 Å². The van der Waals surface area contributed by atoms with Crippen molar-refractivity contribution in [3.05, 3.63) is 39.9 Å². The van der Waals surface area contributed by atoms with Crippen molar-refractivity contribution in [1.29, 1.82) is 0 Å². The molecule has 2 amide bonds. The molecule has 0 spiro atoms. The quantitative estimate of drug-likeness (QED) is 0.242. The molecule has 0 bridgehead atoms. The van der Waals surface area contributed by atoms with Crippen LogP contribution in [0.15, 0.2) is 12.1 Å². The minimum Gasteiger partial charge on any atom is -0.477 e. The average Bonchev–Trinajstić information content (AvgIpc) is 3.16. The van der Waals surface area contributed by atoms with E-state index in [-0.39, 0.29) is 28.1 Å². The lowest BCUT2D eigenvalue weighted by atomic mass is 10.2.